The number of carbonyl (C=O) groups is 1. The lowest BCUT2D eigenvalue weighted by Gasteiger charge is -2.57. The van der Waals surface area contributed by atoms with Crippen LogP contribution in [0.15, 0.2) is 12.1 Å². The summed E-state index contributed by atoms with van der Waals surface area (Å²) >= 11 is 0. The molecule has 3 rings (SSSR count). The average Bonchev–Trinajstić information content (AvgIpc) is 2.50. The molecule has 0 aromatic heterocycles. The minimum absolute atomic E-state index is 0.000509. The van der Waals surface area contributed by atoms with Gasteiger partial charge in [-0.2, -0.15) is 0 Å². The van der Waals surface area contributed by atoms with Gasteiger partial charge < -0.3 is 14.9 Å². The number of hydrogen-bond acceptors (Lipinski definition) is 4. The highest BCUT2D eigenvalue weighted by molar-refractivity contribution is 5.66. The Balaban J connectivity index is 2.25. The Morgan fingerprint density at radius 2 is 1.88 bits per heavy atom. The lowest BCUT2D eigenvalue weighted by molar-refractivity contribution is -0.174. The number of ether oxygens (including phenoxy) is 1. The van der Waals surface area contributed by atoms with Crippen LogP contribution in [0.5, 0.6) is 5.75 Å². The lowest BCUT2D eigenvalue weighted by atomic mass is 9.49. The van der Waals surface area contributed by atoms with Crippen molar-refractivity contribution in [2.75, 3.05) is 0 Å². The maximum atomic E-state index is 11.8. The van der Waals surface area contributed by atoms with E-state index in [1.807, 2.05) is 26.0 Å². The fourth-order valence-electron chi connectivity index (χ4n) is 5.70. The van der Waals surface area contributed by atoms with Gasteiger partial charge in [-0.05, 0) is 58.4 Å². The Hall–Kier alpha value is -1.55. The molecule has 0 radical (unpaired) electrons. The van der Waals surface area contributed by atoms with Gasteiger partial charge in [-0.3, -0.25) is 4.79 Å². The molecule has 0 spiro atoms. The monoisotopic (exact) mass is 360 g/mol. The summed E-state index contributed by atoms with van der Waals surface area (Å²) < 4.78 is 5.71. The Kier molecular flexibility index (Phi) is 4.63. The Labute approximate surface area is 156 Å². The summed E-state index contributed by atoms with van der Waals surface area (Å²) in [5.74, 6) is 0.0803. The van der Waals surface area contributed by atoms with Gasteiger partial charge in [0.25, 0.3) is 0 Å². The Bertz CT molecular complexity index is 721. The quantitative estimate of drug-likeness (QED) is 0.758. The van der Waals surface area contributed by atoms with Crippen molar-refractivity contribution >= 4 is 5.97 Å². The summed E-state index contributed by atoms with van der Waals surface area (Å²) in [6, 6.07) is 3.77. The topological polar surface area (TPSA) is 66.8 Å². The highest BCUT2D eigenvalue weighted by Crippen LogP contribution is 2.60. The summed E-state index contributed by atoms with van der Waals surface area (Å²) in [4.78, 5) is 11.8. The first-order valence-electron chi connectivity index (χ1n) is 9.71. The van der Waals surface area contributed by atoms with Gasteiger partial charge in [0.15, 0.2) is 0 Å². The fourth-order valence-corrected chi connectivity index (χ4v) is 5.70. The number of aliphatic hydroxyl groups is 1. The van der Waals surface area contributed by atoms with Crippen molar-refractivity contribution in [3.8, 4) is 5.75 Å². The summed E-state index contributed by atoms with van der Waals surface area (Å²) in [5.41, 5.74) is 2.31. The number of hydrogen-bond donors (Lipinski definition) is 2. The molecule has 2 N–H and O–H groups in total. The van der Waals surface area contributed by atoms with Crippen LogP contribution in [0.4, 0.5) is 0 Å². The second-order valence-corrected chi connectivity index (χ2v) is 9.41. The number of rotatable bonds is 2. The van der Waals surface area contributed by atoms with Crippen molar-refractivity contribution in [2.45, 2.75) is 84.3 Å². The number of esters is 1. The molecule has 0 saturated heterocycles. The standard InChI is InChI=1S/C22H32O4/c1-12(2)14-10-15-16(11-17(14)24)22(6)9-7-8-21(4,5)20(22)19(18(15)25)26-13(3)23/h10-12,18-20,24-25H,7-9H2,1-6H3/t18-,19+,20+,22-/m1/s1. The molecule has 0 bridgehead atoms. The molecular formula is C22H32O4. The average molecular weight is 360 g/mol. The zero-order valence-electron chi connectivity index (χ0n) is 16.8. The van der Waals surface area contributed by atoms with Gasteiger partial charge in [-0.15, -0.1) is 0 Å². The molecule has 4 nitrogen and oxygen atoms in total. The minimum atomic E-state index is -0.873. The molecule has 2 aliphatic carbocycles. The van der Waals surface area contributed by atoms with Crippen LogP contribution >= 0.6 is 0 Å². The summed E-state index contributed by atoms with van der Waals surface area (Å²) in [6.45, 7) is 12.1. The van der Waals surface area contributed by atoms with E-state index in [0.717, 1.165) is 36.0 Å². The van der Waals surface area contributed by atoms with Crippen LogP contribution in [0.25, 0.3) is 0 Å². The largest absolute Gasteiger partial charge is 0.508 e. The fraction of sp³-hybridized carbons (Fsp3) is 0.682. The zero-order valence-corrected chi connectivity index (χ0v) is 16.8. The number of benzene rings is 1. The normalized spacial score (nSPS) is 32.7. The molecule has 0 heterocycles. The molecule has 1 aromatic rings. The van der Waals surface area contributed by atoms with Crippen LogP contribution in [-0.2, 0) is 14.9 Å². The van der Waals surface area contributed by atoms with Gasteiger partial charge in [0, 0.05) is 12.8 Å². The predicted octanol–water partition coefficient (Wildman–Crippen LogP) is 4.58. The summed E-state index contributed by atoms with van der Waals surface area (Å²) in [7, 11) is 0. The number of phenols is 1. The number of aliphatic hydroxyl groups excluding tert-OH is 1. The van der Waals surface area contributed by atoms with Crippen molar-refractivity contribution in [2.24, 2.45) is 11.3 Å². The van der Waals surface area contributed by atoms with Crippen LogP contribution in [0.3, 0.4) is 0 Å². The second kappa shape index (κ2) is 6.26. The van der Waals surface area contributed by atoms with Crippen molar-refractivity contribution in [3.05, 3.63) is 28.8 Å². The van der Waals surface area contributed by atoms with Crippen LogP contribution in [0, 0.1) is 11.3 Å². The second-order valence-electron chi connectivity index (χ2n) is 9.41. The molecular weight excluding hydrogens is 328 g/mol. The molecule has 1 saturated carbocycles. The molecule has 4 atom stereocenters. The van der Waals surface area contributed by atoms with E-state index in [9.17, 15) is 15.0 Å². The number of phenolic OH excluding ortho intramolecular Hbond substituents is 1. The molecule has 144 valence electrons. The van der Waals surface area contributed by atoms with Gasteiger partial charge in [0.1, 0.15) is 18.0 Å². The molecule has 1 aromatic carbocycles. The third-order valence-electron chi connectivity index (χ3n) is 6.74. The SMILES string of the molecule is CC(=O)O[C@H]1[C@H](O)c2cc(C(C)C)c(O)cc2[C@@]2(C)CCCC(C)(C)[C@H]12. The number of carbonyl (C=O) groups excluding carboxylic acids is 1. The first-order valence-corrected chi connectivity index (χ1v) is 9.71. The van der Waals surface area contributed by atoms with E-state index in [0.29, 0.717) is 5.75 Å². The van der Waals surface area contributed by atoms with Crippen LogP contribution in [0.2, 0.25) is 0 Å². The molecule has 4 heteroatoms. The molecule has 26 heavy (non-hydrogen) atoms. The van der Waals surface area contributed by atoms with Gasteiger partial charge in [0.2, 0.25) is 0 Å². The summed E-state index contributed by atoms with van der Waals surface area (Å²) in [5, 5.41) is 21.8. The maximum absolute atomic E-state index is 11.8. The van der Waals surface area contributed by atoms with E-state index in [1.54, 1.807) is 0 Å². The molecule has 0 amide bonds. The van der Waals surface area contributed by atoms with E-state index in [1.165, 1.54) is 6.92 Å². The number of aromatic hydroxyl groups is 1. The number of fused-ring (bicyclic) bond motifs is 3. The third-order valence-corrected chi connectivity index (χ3v) is 6.74. The van der Waals surface area contributed by atoms with Crippen molar-refractivity contribution in [1.82, 2.24) is 0 Å². The van der Waals surface area contributed by atoms with Crippen molar-refractivity contribution < 1.29 is 19.7 Å². The molecule has 1 fully saturated rings. The summed E-state index contributed by atoms with van der Waals surface area (Å²) in [6.07, 6.45) is 1.63. The van der Waals surface area contributed by atoms with E-state index >= 15 is 0 Å². The van der Waals surface area contributed by atoms with E-state index < -0.39 is 12.2 Å². The molecule has 0 aliphatic heterocycles. The third kappa shape index (κ3) is 2.83. The van der Waals surface area contributed by atoms with Crippen LogP contribution < -0.4 is 0 Å². The van der Waals surface area contributed by atoms with E-state index in [2.05, 4.69) is 20.8 Å². The van der Waals surface area contributed by atoms with Gasteiger partial charge >= 0.3 is 5.97 Å². The maximum Gasteiger partial charge on any atom is 0.303 e. The molecule has 0 unspecified atom stereocenters. The van der Waals surface area contributed by atoms with Gasteiger partial charge in [0.05, 0.1) is 0 Å². The van der Waals surface area contributed by atoms with Gasteiger partial charge in [-0.25, -0.2) is 0 Å². The lowest BCUT2D eigenvalue weighted by Crippen LogP contribution is -2.57. The van der Waals surface area contributed by atoms with Gasteiger partial charge in [-0.1, -0.05) is 41.0 Å². The van der Waals surface area contributed by atoms with Crippen molar-refractivity contribution in [3.63, 3.8) is 0 Å². The highest BCUT2D eigenvalue weighted by Gasteiger charge is 2.58. The Morgan fingerprint density at radius 1 is 1.23 bits per heavy atom. The molecule has 2 aliphatic rings. The van der Waals surface area contributed by atoms with Crippen LogP contribution in [-0.4, -0.2) is 22.3 Å². The Morgan fingerprint density at radius 3 is 2.46 bits per heavy atom. The first kappa shape index (κ1) is 19.2. The van der Waals surface area contributed by atoms with Crippen molar-refractivity contribution in [1.29, 1.82) is 0 Å². The predicted molar refractivity (Wildman–Crippen MR) is 101 cm³/mol. The van der Waals surface area contributed by atoms with Crippen LogP contribution in [0.1, 0.15) is 89.5 Å². The zero-order chi connectivity index (χ0) is 19.4. The minimum Gasteiger partial charge on any atom is -0.508 e. The highest BCUT2D eigenvalue weighted by atomic mass is 16.6. The smallest absolute Gasteiger partial charge is 0.303 e. The van der Waals surface area contributed by atoms with E-state index in [-0.39, 0.29) is 28.6 Å². The first-order chi connectivity index (χ1) is 12.0. The van der Waals surface area contributed by atoms with E-state index in [4.69, 9.17) is 4.74 Å².